The standard InChI is InChI=1S/C10H7Br.CH4O/c11-10-7-3-5-8-4-1-2-6-9(8)10;1-2/h1-7H;2H,1H3. The van der Waals surface area contributed by atoms with Crippen LogP contribution in [0.25, 0.3) is 10.8 Å². The van der Waals surface area contributed by atoms with Crippen LogP contribution in [0.1, 0.15) is 0 Å². The van der Waals surface area contributed by atoms with E-state index in [2.05, 4.69) is 46.3 Å². The lowest BCUT2D eigenvalue weighted by Gasteiger charge is -1.97. The summed E-state index contributed by atoms with van der Waals surface area (Å²) in [4.78, 5) is 0. The largest absolute Gasteiger partial charge is 0.400 e. The lowest BCUT2D eigenvalue weighted by molar-refractivity contribution is 0.399. The first-order chi connectivity index (χ1) is 6.38. The van der Waals surface area contributed by atoms with Gasteiger partial charge in [-0.1, -0.05) is 52.3 Å². The van der Waals surface area contributed by atoms with Crippen molar-refractivity contribution in [3.05, 3.63) is 46.9 Å². The van der Waals surface area contributed by atoms with Gasteiger partial charge in [-0.2, -0.15) is 0 Å². The van der Waals surface area contributed by atoms with Crippen LogP contribution in [-0.4, -0.2) is 12.2 Å². The van der Waals surface area contributed by atoms with E-state index in [1.165, 1.54) is 10.8 Å². The molecule has 2 aromatic rings. The second-order valence-corrected chi connectivity index (χ2v) is 3.32. The molecule has 68 valence electrons. The van der Waals surface area contributed by atoms with Gasteiger partial charge in [-0.3, -0.25) is 0 Å². The van der Waals surface area contributed by atoms with Crippen LogP contribution in [0.15, 0.2) is 46.9 Å². The fourth-order valence-corrected chi connectivity index (χ4v) is 1.70. The fourth-order valence-electron chi connectivity index (χ4n) is 1.19. The van der Waals surface area contributed by atoms with E-state index in [9.17, 15) is 0 Å². The lowest BCUT2D eigenvalue weighted by Crippen LogP contribution is -1.71. The van der Waals surface area contributed by atoms with Crippen molar-refractivity contribution in [3.8, 4) is 0 Å². The maximum Gasteiger partial charge on any atom is 0.0319 e. The van der Waals surface area contributed by atoms with Crippen molar-refractivity contribution in [2.24, 2.45) is 0 Å². The third kappa shape index (κ3) is 2.29. The molecule has 1 nitrogen and oxygen atoms in total. The van der Waals surface area contributed by atoms with Crippen LogP contribution in [0, 0.1) is 0 Å². The highest BCUT2D eigenvalue weighted by atomic mass is 79.9. The van der Waals surface area contributed by atoms with E-state index in [-0.39, 0.29) is 0 Å². The van der Waals surface area contributed by atoms with Crippen molar-refractivity contribution in [2.75, 3.05) is 7.11 Å². The summed E-state index contributed by atoms with van der Waals surface area (Å²) in [7, 11) is 1.00. The van der Waals surface area contributed by atoms with Gasteiger partial charge in [0.25, 0.3) is 0 Å². The second kappa shape index (κ2) is 5.00. The van der Waals surface area contributed by atoms with Gasteiger partial charge in [0.15, 0.2) is 0 Å². The highest BCUT2D eigenvalue weighted by Crippen LogP contribution is 2.22. The van der Waals surface area contributed by atoms with Gasteiger partial charge in [-0.15, -0.1) is 0 Å². The van der Waals surface area contributed by atoms with Crippen molar-refractivity contribution >= 4 is 26.7 Å². The van der Waals surface area contributed by atoms with Crippen LogP contribution in [0.3, 0.4) is 0 Å². The van der Waals surface area contributed by atoms with Gasteiger partial charge in [0.2, 0.25) is 0 Å². The lowest BCUT2D eigenvalue weighted by atomic mass is 10.1. The van der Waals surface area contributed by atoms with Crippen molar-refractivity contribution in [1.82, 2.24) is 0 Å². The molecule has 0 bridgehead atoms. The Hall–Kier alpha value is -0.860. The van der Waals surface area contributed by atoms with Crippen LogP contribution in [0.4, 0.5) is 0 Å². The summed E-state index contributed by atoms with van der Waals surface area (Å²) < 4.78 is 1.16. The Morgan fingerprint density at radius 3 is 2.23 bits per heavy atom. The number of aliphatic hydroxyl groups excluding tert-OH is 1. The number of hydrogen-bond donors (Lipinski definition) is 1. The average Bonchev–Trinajstić information content (AvgIpc) is 2.22. The Balaban J connectivity index is 0.000000396. The van der Waals surface area contributed by atoms with E-state index in [0.717, 1.165) is 11.6 Å². The van der Waals surface area contributed by atoms with Crippen molar-refractivity contribution in [3.63, 3.8) is 0 Å². The van der Waals surface area contributed by atoms with Crippen LogP contribution in [0.2, 0.25) is 0 Å². The quantitative estimate of drug-likeness (QED) is 0.748. The molecule has 0 atom stereocenters. The van der Waals surface area contributed by atoms with Crippen LogP contribution >= 0.6 is 15.9 Å². The van der Waals surface area contributed by atoms with Gasteiger partial charge in [-0.05, 0) is 16.8 Å². The first-order valence-corrected chi connectivity index (χ1v) is 4.75. The maximum atomic E-state index is 7.00. The molecule has 0 radical (unpaired) electrons. The van der Waals surface area contributed by atoms with Crippen molar-refractivity contribution < 1.29 is 5.11 Å². The molecule has 0 amide bonds. The van der Waals surface area contributed by atoms with Crippen molar-refractivity contribution in [1.29, 1.82) is 0 Å². The number of aliphatic hydroxyl groups is 1. The zero-order chi connectivity index (χ0) is 9.68. The molecule has 0 aromatic heterocycles. The minimum atomic E-state index is 1.00. The number of fused-ring (bicyclic) bond motifs is 1. The van der Waals surface area contributed by atoms with E-state index >= 15 is 0 Å². The molecule has 0 spiro atoms. The van der Waals surface area contributed by atoms with Crippen molar-refractivity contribution in [2.45, 2.75) is 0 Å². The average molecular weight is 239 g/mol. The third-order valence-corrected chi connectivity index (χ3v) is 2.43. The summed E-state index contributed by atoms with van der Waals surface area (Å²) in [6, 6.07) is 14.5. The Morgan fingerprint density at radius 2 is 1.54 bits per heavy atom. The second-order valence-electron chi connectivity index (χ2n) is 2.46. The molecule has 0 fully saturated rings. The number of halogens is 1. The summed E-state index contributed by atoms with van der Waals surface area (Å²) in [5, 5.41) is 9.55. The SMILES string of the molecule is Brc1cccc2ccccc12.CO. The van der Waals surface area contributed by atoms with Crippen LogP contribution < -0.4 is 0 Å². The number of rotatable bonds is 0. The number of benzene rings is 2. The predicted octanol–water partition coefficient (Wildman–Crippen LogP) is 3.21. The third-order valence-electron chi connectivity index (χ3n) is 1.74. The van der Waals surface area contributed by atoms with Gasteiger partial charge in [0.05, 0.1) is 0 Å². The molecule has 13 heavy (non-hydrogen) atoms. The Morgan fingerprint density at radius 1 is 0.923 bits per heavy atom. The monoisotopic (exact) mass is 238 g/mol. The van der Waals surface area contributed by atoms with Gasteiger partial charge in [0.1, 0.15) is 0 Å². The smallest absolute Gasteiger partial charge is 0.0319 e. The van der Waals surface area contributed by atoms with E-state index < -0.39 is 0 Å². The molecule has 2 heteroatoms. The highest BCUT2D eigenvalue weighted by Gasteiger charge is 1.93. The van der Waals surface area contributed by atoms with Gasteiger partial charge in [-0.25, -0.2) is 0 Å². The highest BCUT2D eigenvalue weighted by molar-refractivity contribution is 9.10. The summed E-state index contributed by atoms with van der Waals surface area (Å²) in [6.07, 6.45) is 0. The molecule has 2 rings (SSSR count). The van der Waals surface area contributed by atoms with E-state index in [1.54, 1.807) is 0 Å². The van der Waals surface area contributed by atoms with Gasteiger partial charge >= 0.3 is 0 Å². The molecule has 0 aliphatic carbocycles. The van der Waals surface area contributed by atoms with E-state index in [4.69, 9.17) is 5.11 Å². The van der Waals surface area contributed by atoms with Crippen LogP contribution in [-0.2, 0) is 0 Å². The zero-order valence-corrected chi connectivity index (χ0v) is 8.95. The minimum absolute atomic E-state index is 1.00. The molecule has 0 aliphatic heterocycles. The molecule has 0 unspecified atom stereocenters. The molecule has 2 aromatic carbocycles. The fraction of sp³-hybridized carbons (Fsp3) is 0.0909. The molecule has 0 saturated carbocycles. The Bertz CT molecular complexity index is 379. The minimum Gasteiger partial charge on any atom is -0.400 e. The zero-order valence-electron chi connectivity index (χ0n) is 7.37. The predicted molar refractivity (Wildman–Crippen MR) is 59.8 cm³/mol. The Labute approximate surface area is 86.1 Å². The molecule has 1 N–H and O–H groups in total. The molecule has 0 saturated heterocycles. The maximum absolute atomic E-state index is 7.00. The summed E-state index contributed by atoms with van der Waals surface area (Å²) in [5.41, 5.74) is 0. The topological polar surface area (TPSA) is 20.2 Å². The van der Waals surface area contributed by atoms with E-state index in [0.29, 0.717) is 0 Å². The Kier molecular flexibility index (Phi) is 3.93. The first kappa shape index (κ1) is 10.2. The molecular weight excluding hydrogens is 228 g/mol. The van der Waals surface area contributed by atoms with Gasteiger partial charge < -0.3 is 5.11 Å². The molecule has 0 heterocycles. The molecular formula is C11H11BrO. The normalized spacial score (nSPS) is 9.15. The summed E-state index contributed by atoms with van der Waals surface area (Å²) in [5.74, 6) is 0. The summed E-state index contributed by atoms with van der Waals surface area (Å²) in [6.45, 7) is 0. The van der Waals surface area contributed by atoms with E-state index in [1.807, 2.05) is 12.1 Å². The summed E-state index contributed by atoms with van der Waals surface area (Å²) >= 11 is 3.50. The molecule has 0 aliphatic rings. The number of hydrogen-bond acceptors (Lipinski definition) is 1. The first-order valence-electron chi connectivity index (χ1n) is 3.96. The van der Waals surface area contributed by atoms with Crippen LogP contribution in [0.5, 0.6) is 0 Å². The van der Waals surface area contributed by atoms with Gasteiger partial charge in [0, 0.05) is 11.6 Å².